The SMILES string of the molecule is CCC1CCC(N)C(Cc2ccccc2Cl)C1. The minimum Gasteiger partial charge on any atom is -0.327 e. The molecule has 1 nitrogen and oxygen atoms in total. The first-order chi connectivity index (χ1) is 8.20. The van der Waals surface area contributed by atoms with Crippen molar-refractivity contribution in [3.8, 4) is 0 Å². The van der Waals surface area contributed by atoms with Gasteiger partial charge < -0.3 is 5.73 Å². The fourth-order valence-corrected chi connectivity index (χ4v) is 3.15. The molecule has 0 bridgehead atoms. The van der Waals surface area contributed by atoms with Crippen molar-refractivity contribution in [2.45, 2.75) is 45.1 Å². The van der Waals surface area contributed by atoms with Gasteiger partial charge in [0, 0.05) is 11.1 Å². The first-order valence-electron chi connectivity index (χ1n) is 6.69. The number of halogens is 1. The summed E-state index contributed by atoms with van der Waals surface area (Å²) < 4.78 is 0. The maximum absolute atomic E-state index is 6.25. The zero-order valence-corrected chi connectivity index (χ0v) is 11.3. The van der Waals surface area contributed by atoms with E-state index in [1.165, 1.54) is 31.2 Å². The molecular weight excluding hydrogens is 230 g/mol. The van der Waals surface area contributed by atoms with Crippen LogP contribution in [0.25, 0.3) is 0 Å². The van der Waals surface area contributed by atoms with Crippen LogP contribution in [0.5, 0.6) is 0 Å². The number of benzene rings is 1. The highest BCUT2D eigenvalue weighted by molar-refractivity contribution is 6.31. The first-order valence-corrected chi connectivity index (χ1v) is 7.07. The van der Waals surface area contributed by atoms with E-state index in [1.807, 2.05) is 12.1 Å². The van der Waals surface area contributed by atoms with Crippen LogP contribution in [0, 0.1) is 11.8 Å². The zero-order valence-electron chi connectivity index (χ0n) is 10.5. The van der Waals surface area contributed by atoms with E-state index in [-0.39, 0.29) is 0 Å². The van der Waals surface area contributed by atoms with E-state index in [0.717, 1.165) is 17.4 Å². The Morgan fingerprint density at radius 3 is 2.76 bits per heavy atom. The molecule has 0 aliphatic heterocycles. The minimum atomic E-state index is 0.356. The van der Waals surface area contributed by atoms with Gasteiger partial charge in [-0.1, -0.05) is 43.1 Å². The molecule has 0 amide bonds. The van der Waals surface area contributed by atoms with Gasteiger partial charge in [0.15, 0.2) is 0 Å². The van der Waals surface area contributed by atoms with E-state index in [4.69, 9.17) is 17.3 Å². The second-order valence-electron chi connectivity index (χ2n) is 5.31. The standard InChI is InChI=1S/C15H22ClN/c1-2-11-7-8-15(17)13(9-11)10-12-5-3-4-6-14(12)16/h3-6,11,13,15H,2,7-10,17H2,1H3. The Morgan fingerprint density at radius 1 is 1.29 bits per heavy atom. The van der Waals surface area contributed by atoms with E-state index >= 15 is 0 Å². The fourth-order valence-electron chi connectivity index (χ4n) is 2.94. The third kappa shape index (κ3) is 3.23. The molecule has 1 fully saturated rings. The smallest absolute Gasteiger partial charge is 0.0438 e. The van der Waals surface area contributed by atoms with Crippen LogP contribution in [-0.4, -0.2) is 6.04 Å². The van der Waals surface area contributed by atoms with Gasteiger partial charge in [-0.05, 0) is 49.1 Å². The summed E-state index contributed by atoms with van der Waals surface area (Å²) in [5.74, 6) is 1.47. The molecule has 1 aromatic carbocycles. The van der Waals surface area contributed by atoms with Crippen molar-refractivity contribution < 1.29 is 0 Å². The fraction of sp³-hybridized carbons (Fsp3) is 0.600. The van der Waals surface area contributed by atoms with Gasteiger partial charge in [0.25, 0.3) is 0 Å². The molecule has 0 saturated heterocycles. The lowest BCUT2D eigenvalue weighted by molar-refractivity contribution is 0.227. The van der Waals surface area contributed by atoms with E-state index in [1.54, 1.807) is 0 Å². The minimum absolute atomic E-state index is 0.356. The lowest BCUT2D eigenvalue weighted by atomic mass is 9.75. The highest BCUT2D eigenvalue weighted by Gasteiger charge is 2.27. The predicted octanol–water partition coefficient (Wildman–Crippen LogP) is 4.04. The van der Waals surface area contributed by atoms with E-state index in [9.17, 15) is 0 Å². The molecule has 1 aromatic rings. The summed E-state index contributed by atoms with van der Waals surface area (Å²) >= 11 is 6.22. The highest BCUT2D eigenvalue weighted by Crippen LogP contribution is 2.33. The first kappa shape index (κ1) is 12.9. The van der Waals surface area contributed by atoms with E-state index in [0.29, 0.717) is 12.0 Å². The van der Waals surface area contributed by atoms with E-state index < -0.39 is 0 Å². The highest BCUT2D eigenvalue weighted by atomic mass is 35.5. The molecule has 1 aliphatic rings. The normalized spacial score (nSPS) is 29.2. The Labute approximate surface area is 109 Å². The predicted molar refractivity (Wildman–Crippen MR) is 74.3 cm³/mol. The summed E-state index contributed by atoms with van der Waals surface area (Å²) in [6.07, 6.45) is 6.07. The van der Waals surface area contributed by atoms with Crippen LogP contribution in [0.2, 0.25) is 5.02 Å². The maximum atomic E-state index is 6.25. The molecule has 17 heavy (non-hydrogen) atoms. The van der Waals surface area contributed by atoms with Gasteiger partial charge in [0.05, 0.1) is 0 Å². The molecule has 2 N–H and O–H groups in total. The zero-order chi connectivity index (χ0) is 12.3. The van der Waals surface area contributed by atoms with Crippen LogP contribution in [0.3, 0.4) is 0 Å². The molecule has 3 atom stereocenters. The van der Waals surface area contributed by atoms with E-state index in [2.05, 4.69) is 19.1 Å². The van der Waals surface area contributed by atoms with Gasteiger partial charge in [-0.15, -0.1) is 0 Å². The summed E-state index contributed by atoms with van der Waals surface area (Å²) in [4.78, 5) is 0. The van der Waals surface area contributed by atoms with Gasteiger partial charge in [-0.2, -0.15) is 0 Å². The summed E-state index contributed by atoms with van der Waals surface area (Å²) in [5.41, 5.74) is 7.51. The average molecular weight is 252 g/mol. The Kier molecular flexibility index (Phi) is 4.47. The summed E-state index contributed by atoms with van der Waals surface area (Å²) in [6.45, 7) is 2.29. The Balaban J connectivity index is 2.04. The number of nitrogens with two attached hydrogens (primary N) is 1. The van der Waals surface area contributed by atoms with Crippen molar-refractivity contribution in [1.29, 1.82) is 0 Å². The molecule has 0 aromatic heterocycles. The van der Waals surface area contributed by atoms with Gasteiger partial charge in [0.2, 0.25) is 0 Å². The Bertz CT molecular complexity index is 364. The quantitative estimate of drug-likeness (QED) is 0.862. The van der Waals surface area contributed by atoms with Gasteiger partial charge in [-0.3, -0.25) is 0 Å². The van der Waals surface area contributed by atoms with Gasteiger partial charge >= 0.3 is 0 Å². The van der Waals surface area contributed by atoms with Crippen molar-refractivity contribution in [2.24, 2.45) is 17.6 Å². The Morgan fingerprint density at radius 2 is 2.06 bits per heavy atom. The topological polar surface area (TPSA) is 26.0 Å². The molecular formula is C15H22ClN. The van der Waals surface area contributed by atoms with Crippen molar-refractivity contribution in [2.75, 3.05) is 0 Å². The van der Waals surface area contributed by atoms with Gasteiger partial charge in [0.1, 0.15) is 0 Å². The molecule has 2 rings (SSSR count). The maximum Gasteiger partial charge on any atom is 0.0438 e. The summed E-state index contributed by atoms with van der Waals surface area (Å²) in [6, 6.07) is 8.51. The van der Waals surface area contributed by atoms with Crippen LogP contribution in [0.15, 0.2) is 24.3 Å². The van der Waals surface area contributed by atoms with Crippen molar-refractivity contribution in [1.82, 2.24) is 0 Å². The largest absolute Gasteiger partial charge is 0.327 e. The molecule has 0 heterocycles. The lowest BCUT2D eigenvalue weighted by Gasteiger charge is -2.34. The average Bonchev–Trinajstić information content (AvgIpc) is 2.35. The molecule has 0 radical (unpaired) electrons. The summed E-state index contributed by atoms with van der Waals surface area (Å²) in [7, 11) is 0. The molecule has 0 spiro atoms. The summed E-state index contributed by atoms with van der Waals surface area (Å²) in [5, 5.41) is 0.887. The number of hydrogen-bond donors (Lipinski definition) is 1. The van der Waals surface area contributed by atoms with Crippen LogP contribution in [0.4, 0.5) is 0 Å². The van der Waals surface area contributed by atoms with Crippen LogP contribution >= 0.6 is 11.6 Å². The molecule has 2 heteroatoms. The van der Waals surface area contributed by atoms with Crippen LogP contribution in [0.1, 0.15) is 38.2 Å². The second kappa shape index (κ2) is 5.88. The van der Waals surface area contributed by atoms with Crippen molar-refractivity contribution >= 4 is 11.6 Å². The molecule has 1 saturated carbocycles. The Hall–Kier alpha value is -0.530. The van der Waals surface area contributed by atoms with Crippen LogP contribution < -0.4 is 5.73 Å². The lowest BCUT2D eigenvalue weighted by Crippen LogP contribution is -2.37. The van der Waals surface area contributed by atoms with Crippen molar-refractivity contribution in [3.63, 3.8) is 0 Å². The molecule has 3 unspecified atom stereocenters. The number of hydrogen-bond acceptors (Lipinski definition) is 1. The third-order valence-corrected chi connectivity index (χ3v) is 4.54. The third-order valence-electron chi connectivity index (χ3n) is 4.17. The molecule has 94 valence electrons. The molecule has 1 aliphatic carbocycles. The second-order valence-corrected chi connectivity index (χ2v) is 5.71. The monoisotopic (exact) mass is 251 g/mol. The van der Waals surface area contributed by atoms with Gasteiger partial charge in [-0.25, -0.2) is 0 Å². The number of rotatable bonds is 3. The van der Waals surface area contributed by atoms with Crippen LogP contribution in [-0.2, 0) is 6.42 Å². The van der Waals surface area contributed by atoms with Crippen molar-refractivity contribution in [3.05, 3.63) is 34.9 Å².